The van der Waals surface area contributed by atoms with Gasteiger partial charge in [-0.15, -0.1) is 11.8 Å². The van der Waals surface area contributed by atoms with E-state index in [4.69, 9.17) is 0 Å². The number of thioether (sulfide) groups is 1. The van der Waals surface area contributed by atoms with E-state index in [1.165, 1.54) is 6.92 Å². The molecule has 2 heterocycles. The second kappa shape index (κ2) is 6.67. The van der Waals surface area contributed by atoms with Crippen molar-refractivity contribution in [1.29, 1.82) is 0 Å². The fraction of sp³-hybridized carbons (Fsp3) is 0.286. The lowest BCUT2D eigenvalue weighted by Gasteiger charge is -2.29. The van der Waals surface area contributed by atoms with Gasteiger partial charge in [0.15, 0.2) is 0 Å². The van der Waals surface area contributed by atoms with Crippen LogP contribution in [-0.2, 0) is 9.59 Å². The molecule has 1 saturated heterocycles. The number of benzene rings is 2. The van der Waals surface area contributed by atoms with Crippen LogP contribution in [0.2, 0.25) is 0 Å². The van der Waals surface area contributed by atoms with Crippen molar-refractivity contribution in [2.75, 3.05) is 10.6 Å². The summed E-state index contributed by atoms with van der Waals surface area (Å²) in [5.41, 5.74) is 2.92. The van der Waals surface area contributed by atoms with Crippen LogP contribution in [0.4, 0.5) is 11.4 Å². The molecule has 2 aliphatic heterocycles. The van der Waals surface area contributed by atoms with Crippen LogP contribution in [0.25, 0.3) is 0 Å². The summed E-state index contributed by atoms with van der Waals surface area (Å²) in [7, 11) is 0. The molecule has 2 aliphatic rings. The predicted molar refractivity (Wildman–Crippen MR) is 110 cm³/mol. The van der Waals surface area contributed by atoms with Gasteiger partial charge in [-0.3, -0.25) is 14.4 Å². The van der Waals surface area contributed by atoms with Gasteiger partial charge in [-0.05, 0) is 49.7 Å². The highest BCUT2D eigenvalue weighted by Crippen LogP contribution is 2.56. The van der Waals surface area contributed by atoms with Crippen LogP contribution in [0.3, 0.4) is 0 Å². The van der Waals surface area contributed by atoms with E-state index in [0.29, 0.717) is 16.9 Å². The molecule has 3 amide bonds. The number of nitrogens with one attached hydrogen (secondary N) is 2. The lowest BCUT2D eigenvalue weighted by Crippen LogP contribution is -2.50. The van der Waals surface area contributed by atoms with Crippen LogP contribution in [0.15, 0.2) is 48.5 Å². The first kappa shape index (κ1) is 18.6. The maximum absolute atomic E-state index is 13.1. The maximum Gasteiger partial charge on any atom is 0.256 e. The normalized spacial score (nSPS) is 21.8. The Morgan fingerprint density at radius 3 is 2.25 bits per heavy atom. The number of carbonyl (C=O) groups is 3. The second-order valence-corrected chi connectivity index (χ2v) is 9.26. The van der Waals surface area contributed by atoms with E-state index in [1.807, 2.05) is 38.1 Å². The topological polar surface area (TPSA) is 78.5 Å². The molecule has 2 aromatic rings. The molecule has 6 nitrogen and oxygen atoms in total. The molecular weight excluding hydrogens is 374 g/mol. The average Bonchev–Trinajstić information content (AvgIpc) is 3.06. The molecule has 7 heteroatoms. The number of anilines is 2. The van der Waals surface area contributed by atoms with Crippen molar-refractivity contribution in [2.24, 2.45) is 0 Å². The van der Waals surface area contributed by atoms with E-state index in [1.54, 1.807) is 40.9 Å². The van der Waals surface area contributed by atoms with Gasteiger partial charge in [0.1, 0.15) is 11.4 Å². The third-order valence-electron chi connectivity index (χ3n) is 5.02. The minimum atomic E-state index is -0.586. The number of amides is 3. The highest BCUT2D eigenvalue weighted by atomic mass is 32.2. The number of hydrogen-bond donors (Lipinski definition) is 2. The van der Waals surface area contributed by atoms with Gasteiger partial charge in [-0.25, -0.2) is 0 Å². The third-order valence-corrected chi connectivity index (χ3v) is 6.55. The number of nitrogens with zero attached hydrogens (tertiary/aromatic N) is 1. The SMILES string of the molecule is CC(=O)Nc1ccc(NC(=O)[C@@H]2N3C(=O)c4ccccc4C3SC2(C)C)cc1. The first-order valence-electron chi connectivity index (χ1n) is 9.06. The summed E-state index contributed by atoms with van der Waals surface area (Å²) in [6.07, 6.45) is 0. The molecule has 0 bridgehead atoms. The molecular formula is C21H21N3O3S. The van der Waals surface area contributed by atoms with E-state index < -0.39 is 10.8 Å². The van der Waals surface area contributed by atoms with E-state index in [9.17, 15) is 14.4 Å². The summed E-state index contributed by atoms with van der Waals surface area (Å²) in [4.78, 5) is 39.0. The van der Waals surface area contributed by atoms with Crippen LogP contribution < -0.4 is 10.6 Å². The molecule has 0 saturated carbocycles. The lowest BCUT2D eigenvalue weighted by atomic mass is 10.0. The predicted octanol–water partition coefficient (Wildman–Crippen LogP) is 3.63. The molecule has 4 rings (SSSR count). The molecule has 2 aromatic carbocycles. The van der Waals surface area contributed by atoms with Crippen molar-refractivity contribution in [2.45, 2.75) is 36.9 Å². The Morgan fingerprint density at radius 1 is 1.00 bits per heavy atom. The smallest absolute Gasteiger partial charge is 0.256 e. The van der Waals surface area contributed by atoms with Crippen molar-refractivity contribution < 1.29 is 14.4 Å². The quantitative estimate of drug-likeness (QED) is 0.832. The molecule has 1 unspecified atom stereocenters. The molecule has 28 heavy (non-hydrogen) atoms. The minimum absolute atomic E-state index is 0.0974. The van der Waals surface area contributed by atoms with Crippen molar-refractivity contribution in [3.8, 4) is 0 Å². The Morgan fingerprint density at radius 2 is 1.61 bits per heavy atom. The van der Waals surface area contributed by atoms with Crippen molar-refractivity contribution in [3.63, 3.8) is 0 Å². The molecule has 1 fully saturated rings. The molecule has 0 radical (unpaired) electrons. The van der Waals surface area contributed by atoms with Gasteiger partial charge in [0.2, 0.25) is 11.8 Å². The van der Waals surface area contributed by atoms with Crippen molar-refractivity contribution >= 4 is 40.9 Å². The standard InChI is InChI=1S/C21H21N3O3S/c1-12(25)22-13-8-10-14(11-9-13)23-18(26)17-21(2,3)28-20-16-7-5-4-6-15(16)19(27)24(17)20/h4-11,17,20H,1-3H3,(H,22,25)(H,23,26)/t17-,20?/m0/s1. The van der Waals surface area contributed by atoms with Gasteiger partial charge in [-0.1, -0.05) is 18.2 Å². The van der Waals surface area contributed by atoms with E-state index in [0.717, 1.165) is 5.56 Å². The van der Waals surface area contributed by atoms with Crippen molar-refractivity contribution in [3.05, 3.63) is 59.7 Å². The zero-order valence-corrected chi connectivity index (χ0v) is 16.7. The van der Waals surface area contributed by atoms with Gasteiger partial charge in [0.05, 0.1) is 0 Å². The first-order valence-corrected chi connectivity index (χ1v) is 9.94. The van der Waals surface area contributed by atoms with Crippen LogP contribution >= 0.6 is 11.8 Å². The first-order chi connectivity index (χ1) is 13.3. The summed E-state index contributed by atoms with van der Waals surface area (Å²) in [6.45, 7) is 5.43. The summed E-state index contributed by atoms with van der Waals surface area (Å²) in [5.74, 6) is -0.465. The van der Waals surface area contributed by atoms with Gasteiger partial charge in [-0.2, -0.15) is 0 Å². The zero-order chi connectivity index (χ0) is 20.1. The van der Waals surface area contributed by atoms with Gasteiger partial charge < -0.3 is 15.5 Å². The second-order valence-electron chi connectivity index (χ2n) is 7.52. The highest BCUT2D eigenvalue weighted by Gasteiger charge is 2.57. The fourth-order valence-electron chi connectivity index (χ4n) is 3.86. The van der Waals surface area contributed by atoms with Gasteiger partial charge in [0, 0.05) is 28.6 Å². The molecule has 144 valence electrons. The summed E-state index contributed by atoms with van der Waals surface area (Å²) >= 11 is 1.64. The number of hydrogen-bond acceptors (Lipinski definition) is 4. The summed E-state index contributed by atoms with van der Waals surface area (Å²) < 4.78 is -0.423. The molecule has 0 aliphatic carbocycles. The van der Waals surface area contributed by atoms with E-state index in [2.05, 4.69) is 10.6 Å². The summed E-state index contributed by atoms with van der Waals surface area (Å²) in [6, 6.07) is 13.9. The fourth-order valence-corrected chi connectivity index (χ4v) is 5.44. The molecule has 0 aromatic heterocycles. The van der Waals surface area contributed by atoms with Gasteiger partial charge in [0.25, 0.3) is 5.91 Å². The van der Waals surface area contributed by atoms with Crippen LogP contribution in [0, 0.1) is 0 Å². The Hall–Kier alpha value is -2.80. The van der Waals surface area contributed by atoms with E-state index in [-0.39, 0.29) is 23.1 Å². The largest absolute Gasteiger partial charge is 0.326 e. The Balaban J connectivity index is 1.57. The van der Waals surface area contributed by atoms with Gasteiger partial charge >= 0.3 is 0 Å². The Kier molecular flexibility index (Phi) is 4.42. The minimum Gasteiger partial charge on any atom is -0.326 e. The maximum atomic E-state index is 13.1. The van der Waals surface area contributed by atoms with E-state index >= 15 is 0 Å². The third kappa shape index (κ3) is 3.05. The molecule has 2 atom stereocenters. The average molecular weight is 395 g/mol. The molecule has 0 spiro atoms. The lowest BCUT2D eigenvalue weighted by molar-refractivity contribution is -0.121. The van der Waals surface area contributed by atoms with Crippen LogP contribution in [0.1, 0.15) is 42.1 Å². The monoisotopic (exact) mass is 395 g/mol. The van der Waals surface area contributed by atoms with Crippen LogP contribution in [0.5, 0.6) is 0 Å². The van der Waals surface area contributed by atoms with Crippen molar-refractivity contribution in [1.82, 2.24) is 4.90 Å². The van der Waals surface area contributed by atoms with Crippen LogP contribution in [-0.4, -0.2) is 33.4 Å². The highest BCUT2D eigenvalue weighted by molar-refractivity contribution is 8.01. The number of fused-ring (bicyclic) bond motifs is 3. The summed E-state index contributed by atoms with van der Waals surface area (Å²) in [5, 5.41) is 5.47. The Bertz CT molecular complexity index is 971. The zero-order valence-electron chi connectivity index (χ0n) is 15.9. The Labute approximate surface area is 167 Å². The number of carbonyl (C=O) groups excluding carboxylic acids is 3. The molecule has 2 N–H and O–H groups in total. The number of rotatable bonds is 3.